The van der Waals surface area contributed by atoms with Gasteiger partial charge in [0.1, 0.15) is 18.1 Å². The molecule has 0 aliphatic heterocycles. The molecule has 1 aromatic rings. The lowest BCUT2D eigenvalue weighted by Crippen LogP contribution is -2.31. The minimum absolute atomic E-state index is 0.150. The lowest BCUT2D eigenvalue weighted by Gasteiger charge is -2.19. The van der Waals surface area contributed by atoms with E-state index < -0.39 is 0 Å². The zero-order chi connectivity index (χ0) is 13.9. The van der Waals surface area contributed by atoms with Gasteiger partial charge in [-0.25, -0.2) is 0 Å². The predicted octanol–water partition coefficient (Wildman–Crippen LogP) is 1.94. The van der Waals surface area contributed by atoms with Crippen LogP contribution >= 0.6 is 0 Å². The summed E-state index contributed by atoms with van der Waals surface area (Å²) in [6, 6.07) is 7.59. The van der Waals surface area contributed by atoms with E-state index in [-0.39, 0.29) is 6.61 Å². The van der Waals surface area contributed by atoms with Crippen molar-refractivity contribution in [2.24, 2.45) is 0 Å². The summed E-state index contributed by atoms with van der Waals surface area (Å²) in [6.45, 7) is 9.21. The van der Waals surface area contributed by atoms with E-state index in [0.29, 0.717) is 19.8 Å². The van der Waals surface area contributed by atoms with Gasteiger partial charge in [0.2, 0.25) is 0 Å². The molecule has 19 heavy (non-hydrogen) atoms. The van der Waals surface area contributed by atoms with Gasteiger partial charge in [0.15, 0.2) is 0 Å². The van der Waals surface area contributed by atoms with Gasteiger partial charge in [-0.3, -0.25) is 4.90 Å². The fourth-order valence-corrected chi connectivity index (χ4v) is 1.71. The third-order valence-electron chi connectivity index (χ3n) is 2.61. The van der Waals surface area contributed by atoms with Crippen LogP contribution in [0, 0.1) is 0 Å². The van der Waals surface area contributed by atoms with Gasteiger partial charge in [-0.2, -0.15) is 0 Å². The summed E-state index contributed by atoms with van der Waals surface area (Å²) in [6.07, 6.45) is 1.83. The summed E-state index contributed by atoms with van der Waals surface area (Å²) >= 11 is 0. The van der Waals surface area contributed by atoms with Crippen LogP contribution in [0.4, 0.5) is 0 Å². The van der Waals surface area contributed by atoms with E-state index in [1.54, 1.807) is 0 Å². The van der Waals surface area contributed by atoms with Crippen LogP contribution in [0.15, 0.2) is 36.9 Å². The third kappa shape index (κ3) is 6.27. The van der Waals surface area contributed by atoms with Crippen molar-refractivity contribution >= 4 is 0 Å². The van der Waals surface area contributed by atoms with Crippen molar-refractivity contribution in [3.63, 3.8) is 0 Å². The fraction of sp³-hybridized carbons (Fsp3) is 0.467. The number of hydrogen-bond acceptors (Lipinski definition) is 4. The fourth-order valence-electron chi connectivity index (χ4n) is 1.71. The molecule has 0 radical (unpaired) electrons. The topological polar surface area (TPSA) is 41.9 Å². The Morgan fingerprint density at radius 2 is 1.79 bits per heavy atom. The first-order valence-corrected chi connectivity index (χ1v) is 6.60. The Bertz CT molecular complexity index is 351. The molecule has 106 valence electrons. The normalized spacial score (nSPS) is 10.5. The average Bonchev–Trinajstić information content (AvgIpc) is 2.41. The van der Waals surface area contributed by atoms with E-state index in [2.05, 4.69) is 11.5 Å². The molecule has 0 spiro atoms. The molecule has 1 rings (SSSR count). The second-order valence-electron chi connectivity index (χ2n) is 4.07. The molecule has 0 bridgehead atoms. The van der Waals surface area contributed by atoms with Gasteiger partial charge < -0.3 is 14.6 Å². The Hall–Kier alpha value is -1.52. The van der Waals surface area contributed by atoms with E-state index in [4.69, 9.17) is 14.6 Å². The Kier molecular flexibility index (Phi) is 7.70. The van der Waals surface area contributed by atoms with Crippen LogP contribution in [-0.2, 0) is 0 Å². The molecular weight excluding hydrogens is 242 g/mol. The van der Waals surface area contributed by atoms with Gasteiger partial charge >= 0.3 is 0 Å². The molecule has 0 fully saturated rings. The third-order valence-corrected chi connectivity index (χ3v) is 2.61. The van der Waals surface area contributed by atoms with Crippen molar-refractivity contribution in [2.45, 2.75) is 6.92 Å². The van der Waals surface area contributed by atoms with E-state index in [1.165, 1.54) is 0 Å². The minimum atomic E-state index is 0.150. The summed E-state index contributed by atoms with van der Waals surface area (Å²) in [5, 5.41) is 8.93. The van der Waals surface area contributed by atoms with Gasteiger partial charge in [0.05, 0.1) is 13.2 Å². The van der Waals surface area contributed by atoms with E-state index in [1.807, 2.05) is 37.3 Å². The van der Waals surface area contributed by atoms with Gasteiger partial charge in [0.25, 0.3) is 0 Å². The standard InChI is InChI=1S/C15H23NO3/c1-3-9-16(10-12-17)11-13-19-15-7-5-14(6-8-15)18-4-2/h3,5-8,17H,1,4,9-13H2,2H3. The smallest absolute Gasteiger partial charge is 0.119 e. The van der Waals surface area contributed by atoms with Crippen molar-refractivity contribution < 1.29 is 14.6 Å². The van der Waals surface area contributed by atoms with Crippen LogP contribution in [0.5, 0.6) is 11.5 Å². The Morgan fingerprint density at radius 3 is 2.32 bits per heavy atom. The molecule has 0 amide bonds. The molecule has 1 N–H and O–H groups in total. The van der Waals surface area contributed by atoms with Crippen LogP contribution < -0.4 is 9.47 Å². The minimum Gasteiger partial charge on any atom is -0.494 e. The van der Waals surface area contributed by atoms with Crippen molar-refractivity contribution in [1.29, 1.82) is 0 Å². The van der Waals surface area contributed by atoms with Crippen LogP contribution in [0.1, 0.15) is 6.92 Å². The highest BCUT2D eigenvalue weighted by molar-refractivity contribution is 5.31. The maximum absolute atomic E-state index is 8.93. The number of benzene rings is 1. The highest BCUT2D eigenvalue weighted by Crippen LogP contribution is 2.17. The number of ether oxygens (including phenoxy) is 2. The predicted molar refractivity (Wildman–Crippen MR) is 76.8 cm³/mol. The van der Waals surface area contributed by atoms with Crippen LogP contribution in [0.2, 0.25) is 0 Å². The first-order valence-electron chi connectivity index (χ1n) is 6.60. The first kappa shape index (κ1) is 15.5. The quantitative estimate of drug-likeness (QED) is 0.657. The summed E-state index contributed by atoms with van der Waals surface area (Å²) < 4.78 is 11.0. The lowest BCUT2D eigenvalue weighted by molar-refractivity contribution is 0.180. The van der Waals surface area contributed by atoms with E-state index in [9.17, 15) is 0 Å². The van der Waals surface area contributed by atoms with Crippen molar-refractivity contribution in [2.75, 3.05) is 39.5 Å². The number of nitrogens with zero attached hydrogens (tertiary/aromatic N) is 1. The molecule has 0 saturated carbocycles. The van der Waals surface area contributed by atoms with Crippen molar-refractivity contribution in [3.05, 3.63) is 36.9 Å². The molecular formula is C15H23NO3. The second-order valence-corrected chi connectivity index (χ2v) is 4.07. The van der Waals surface area contributed by atoms with E-state index in [0.717, 1.165) is 24.6 Å². The molecule has 0 aromatic heterocycles. The lowest BCUT2D eigenvalue weighted by atomic mass is 10.3. The maximum atomic E-state index is 8.93. The van der Waals surface area contributed by atoms with Gasteiger partial charge in [-0.05, 0) is 31.2 Å². The molecule has 0 saturated heterocycles. The average molecular weight is 265 g/mol. The van der Waals surface area contributed by atoms with Crippen molar-refractivity contribution in [3.8, 4) is 11.5 Å². The summed E-state index contributed by atoms with van der Waals surface area (Å²) in [5.74, 6) is 1.68. The Morgan fingerprint density at radius 1 is 1.16 bits per heavy atom. The Balaban J connectivity index is 2.32. The monoisotopic (exact) mass is 265 g/mol. The highest BCUT2D eigenvalue weighted by atomic mass is 16.5. The molecule has 0 heterocycles. The SMILES string of the molecule is C=CCN(CCO)CCOc1ccc(OCC)cc1. The van der Waals surface area contributed by atoms with Crippen LogP contribution in [0.25, 0.3) is 0 Å². The first-order chi connectivity index (χ1) is 9.30. The Labute approximate surface area is 115 Å². The molecule has 0 aliphatic carbocycles. The molecule has 4 nitrogen and oxygen atoms in total. The molecule has 4 heteroatoms. The second kappa shape index (κ2) is 9.42. The zero-order valence-electron chi connectivity index (χ0n) is 11.5. The van der Waals surface area contributed by atoms with Gasteiger partial charge in [0, 0.05) is 19.6 Å². The van der Waals surface area contributed by atoms with Gasteiger partial charge in [-0.1, -0.05) is 6.08 Å². The number of aliphatic hydroxyl groups excluding tert-OH is 1. The molecule has 0 atom stereocenters. The number of hydrogen-bond donors (Lipinski definition) is 1. The van der Waals surface area contributed by atoms with Crippen LogP contribution in [0.3, 0.4) is 0 Å². The summed E-state index contributed by atoms with van der Waals surface area (Å²) in [5.41, 5.74) is 0. The maximum Gasteiger partial charge on any atom is 0.119 e. The number of aliphatic hydroxyl groups is 1. The number of rotatable bonds is 10. The van der Waals surface area contributed by atoms with E-state index >= 15 is 0 Å². The molecule has 1 aromatic carbocycles. The van der Waals surface area contributed by atoms with Crippen LogP contribution in [-0.4, -0.2) is 49.5 Å². The van der Waals surface area contributed by atoms with Crippen molar-refractivity contribution in [1.82, 2.24) is 4.90 Å². The summed E-state index contributed by atoms with van der Waals surface area (Å²) in [4.78, 5) is 2.08. The molecule has 0 unspecified atom stereocenters. The highest BCUT2D eigenvalue weighted by Gasteiger charge is 2.02. The zero-order valence-corrected chi connectivity index (χ0v) is 11.5. The largest absolute Gasteiger partial charge is 0.494 e. The van der Waals surface area contributed by atoms with Gasteiger partial charge in [-0.15, -0.1) is 6.58 Å². The summed E-state index contributed by atoms with van der Waals surface area (Å²) in [7, 11) is 0. The molecule has 0 aliphatic rings.